The SMILES string of the molecule is CC(C(=O)NC(C)(C)C(C)(C)C(=O)O)C1CC1. The quantitative estimate of drug-likeness (QED) is 0.774. The van der Waals surface area contributed by atoms with Gasteiger partial charge in [-0.25, -0.2) is 0 Å². The van der Waals surface area contributed by atoms with Crippen molar-refractivity contribution in [3.8, 4) is 0 Å². The van der Waals surface area contributed by atoms with E-state index >= 15 is 0 Å². The smallest absolute Gasteiger partial charge is 0.311 e. The van der Waals surface area contributed by atoms with Crippen LogP contribution in [0.2, 0.25) is 0 Å². The first-order valence-electron chi connectivity index (χ1n) is 6.15. The highest BCUT2D eigenvalue weighted by Crippen LogP contribution is 2.38. The van der Waals surface area contributed by atoms with Gasteiger partial charge < -0.3 is 10.4 Å². The summed E-state index contributed by atoms with van der Waals surface area (Å²) >= 11 is 0. The van der Waals surface area contributed by atoms with Crippen LogP contribution in [0.5, 0.6) is 0 Å². The minimum atomic E-state index is -0.994. The number of amides is 1. The molecule has 1 aliphatic rings. The van der Waals surface area contributed by atoms with Crippen LogP contribution < -0.4 is 5.32 Å². The maximum Gasteiger partial charge on any atom is 0.311 e. The molecule has 0 spiro atoms. The van der Waals surface area contributed by atoms with E-state index in [0.717, 1.165) is 12.8 Å². The first kappa shape index (κ1) is 14.0. The van der Waals surface area contributed by atoms with Gasteiger partial charge in [-0.2, -0.15) is 0 Å². The fraction of sp³-hybridized carbons (Fsp3) is 0.846. The second-order valence-electron chi connectivity index (χ2n) is 6.17. The van der Waals surface area contributed by atoms with E-state index in [1.807, 2.05) is 6.92 Å². The zero-order valence-corrected chi connectivity index (χ0v) is 11.3. The molecule has 1 rings (SSSR count). The van der Waals surface area contributed by atoms with Crippen molar-refractivity contribution < 1.29 is 14.7 Å². The number of rotatable bonds is 5. The van der Waals surface area contributed by atoms with Crippen molar-refractivity contribution in [2.24, 2.45) is 17.3 Å². The number of hydrogen-bond acceptors (Lipinski definition) is 2. The molecule has 98 valence electrons. The van der Waals surface area contributed by atoms with Crippen molar-refractivity contribution in [3.05, 3.63) is 0 Å². The zero-order valence-electron chi connectivity index (χ0n) is 11.3. The van der Waals surface area contributed by atoms with Crippen molar-refractivity contribution in [2.75, 3.05) is 0 Å². The number of carbonyl (C=O) groups is 2. The molecule has 1 atom stereocenters. The average molecular weight is 241 g/mol. The summed E-state index contributed by atoms with van der Waals surface area (Å²) in [5.74, 6) is -0.466. The third-order valence-electron chi connectivity index (χ3n) is 4.28. The van der Waals surface area contributed by atoms with Crippen molar-refractivity contribution in [3.63, 3.8) is 0 Å². The number of aliphatic carboxylic acids is 1. The Labute approximate surface area is 103 Å². The summed E-state index contributed by atoms with van der Waals surface area (Å²) in [5.41, 5.74) is -1.76. The fourth-order valence-corrected chi connectivity index (χ4v) is 1.66. The fourth-order valence-electron chi connectivity index (χ4n) is 1.66. The van der Waals surface area contributed by atoms with Crippen LogP contribution in [0.3, 0.4) is 0 Å². The van der Waals surface area contributed by atoms with Gasteiger partial charge in [-0.3, -0.25) is 9.59 Å². The summed E-state index contributed by atoms with van der Waals surface area (Å²) in [7, 11) is 0. The molecule has 0 aromatic rings. The van der Waals surface area contributed by atoms with Gasteiger partial charge in [0.25, 0.3) is 0 Å². The van der Waals surface area contributed by atoms with Gasteiger partial charge in [0.15, 0.2) is 0 Å². The molecule has 0 saturated heterocycles. The Balaban J connectivity index is 2.71. The van der Waals surface area contributed by atoms with Crippen LogP contribution in [0.15, 0.2) is 0 Å². The van der Waals surface area contributed by atoms with Gasteiger partial charge >= 0.3 is 5.97 Å². The molecular formula is C13H23NO3. The number of nitrogens with one attached hydrogen (secondary N) is 1. The van der Waals surface area contributed by atoms with Crippen LogP contribution >= 0.6 is 0 Å². The summed E-state index contributed by atoms with van der Waals surface area (Å²) in [6, 6.07) is 0. The molecule has 0 aliphatic heterocycles. The van der Waals surface area contributed by atoms with Gasteiger partial charge in [-0.1, -0.05) is 6.92 Å². The van der Waals surface area contributed by atoms with E-state index in [1.54, 1.807) is 27.7 Å². The molecule has 4 nitrogen and oxygen atoms in total. The van der Waals surface area contributed by atoms with E-state index in [1.165, 1.54) is 0 Å². The molecule has 17 heavy (non-hydrogen) atoms. The van der Waals surface area contributed by atoms with Crippen molar-refractivity contribution in [1.82, 2.24) is 5.32 Å². The van der Waals surface area contributed by atoms with Crippen molar-refractivity contribution in [1.29, 1.82) is 0 Å². The van der Waals surface area contributed by atoms with Crippen LogP contribution in [0.1, 0.15) is 47.5 Å². The van der Waals surface area contributed by atoms with Crippen molar-refractivity contribution in [2.45, 2.75) is 53.0 Å². The summed E-state index contributed by atoms with van der Waals surface area (Å²) < 4.78 is 0. The molecule has 0 heterocycles. The van der Waals surface area contributed by atoms with Gasteiger partial charge in [0.05, 0.1) is 5.41 Å². The largest absolute Gasteiger partial charge is 0.481 e. The summed E-state index contributed by atoms with van der Waals surface area (Å²) in [5, 5.41) is 12.1. The lowest BCUT2D eigenvalue weighted by Gasteiger charge is -2.39. The Morgan fingerprint density at radius 2 is 1.71 bits per heavy atom. The van der Waals surface area contributed by atoms with E-state index in [-0.39, 0.29) is 11.8 Å². The van der Waals surface area contributed by atoms with Crippen LogP contribution in [0.25, 0.3) is 0 Å². The second kappa shape index (κ2) is 4.31. The summed E-state index contributed by atoms with van der Waals surface area (Å²) in [6.45, 7) is 8.71. The average Bonchev–Trinajstić information content (AvgIpc) is 2.98. The first-order chi connectivity index (χ1) is 7.59. The predicted octanol–water partition coefficient (Wildman–Crippen LogP) is 2.04. The van der Waals surface area contributed by atoms with Gasteiger partial charge in [0.1, 0.15) is 0 Å². The van der Waals surface area contributed by atoms with Crippen LogP contribution in [0, 0.1) is 17.3 Å². The number of carboxylic acids is 1. The highest BCUT2D eigenvalue weighted by Gasteiger charge is 2.45. The second-order valence-corrected chi connectivity index (χ2v) is 6.17. The lowest BCUT2D eigenvalue weighted by Crippen LogP contribution is -2.58. The molecule has 1 aliphatic carbocycles. The molecule has 4 heteroatoms. The van der Waals surface area contributed by atoms with Gasteiger partial charge in [-0.15, -0.1) is 0 Å². The molecule has 0 radical (unpaired) electrons. The monoisotopic (exact) mass is 241 g/mol. The van der Waals surface area contributed by atoms with E-state index in [4.69, 9.17) is 0 Å². The van der Waals surface area contributed by atoms with Crippen LogP contribution in [-0.2, 0) is 9.59 Å². The minimum Gasteiger partial charge on any atom is -0.481 e. The molecule has 1 unspecified atom stereocenters. The lowest BCUT2D eigenvalue weighted by atomic mass is 9.74. The lowest BCUT2D eigenvalue weighted by molar-refractivity contribution is -0.152. The molecule has 2 N–H and O–H groups in total. The maximum atomic E-state index is 12.0. The van der Waals surface area contributed by atoms with Gasteiger partial charge in [0, 0.05) is 11.5 Å². The van der Waals surface area contributed by atoms with E-state index in [0.29, 0.717) is 5.92 Å². The Morgan fingerprint density at radius 3 is 2.06 bits per heavy atom. The highest BCUT2D eigenvalue weighted by molar-refractivity contribution is 5.82. The number of carbonyl (C=O) groups excluding carboxylic acids is 1. The van der Waals surface area contributed by atoms with Crippen molar-refractivity contribution >= 4 is 11.9 Å². The Hall–Kier alpha value is -1.06. The summed E-state index contributed by atoms with van der Waals surface area (Å²) in [4.78, 5) is 23.2. The van der Waals surface area contributed by atoms with Gasteiger partial charge in [0.2, 0.25) is 5.91 Å². The van der Waals surface area contributed by atoms with Gasteiger partial charge in [-0.05, 0) is 46.5 Å². The number of carboxylic acid groups (broad SMARTS) is 1. The molecule has 0 bridgehead atoms. The third kappa shape index (κ3) is 2.79. The molecule has 0 aromatic heterocycles. The molecule has 1 amide bonds. The summed E-state index contributed by atoms with van der Waals surface area (Å²) in [6.07, 6.45) is 2.22. The van der Waals surface area contributed by atoms with E-state index < -0.39 is 16.9 Å². The molecule has 1 fully saturated rings. The van der Waals surface area contributed by atoms with E-state index in [9.17, 15) is 14.7 Å². The Kier molecular flexibility index (Phi) is 3.55. The van der Waals surface area contributed by atoms with Crippen LogP contribution in [-0.4, -0.2) is 22.5 Å². The standard InChI is InChI=1S/C13H23NO3/c1-8(9-6-7-9)10(15)14-13(4,5)12(2,3)11(16)17/h8-9H,6-7H2,1-5H3,(H,14,15)(H,16,17). The minimum absolute atomic E-state index is 0.0149. The Morgan fingerprint density at radius 1 is 1.24 bits per heavy atom. The highest BCUT2D eigenvalue weighted by atomic mass is 16.4. The van der Waals surface area contributed by atoms with E-state index in [2.05, 4.69) is 5.32 Å². The molecule has 1 saturated carbocycles. The van der Waals surface area contributed by atoms with Crippen LogP contribution in [0.4, 0.5) is 0 Å². The molecular weight excluding hydrogens is 218 g/mol. The third-order valence-corrected chi connectivity index (χ3v) is 4.28. The predicted molar refractivity (Wildman–Crippen MR) is 65.5 cm³/mol. The zero-order chi connectivity index (χ0) is 13.4. The normalized spacial score (nSPS) is 18.6. The maximum absolute atomic E-state index is 12.0. The topological polar surface area (TPSA) is 66.4 Å². The number of hydrogen-bond donors (Lipinski definition) is 2. The molecule has 0 aromatic carbocycles. The first-order valence-corrected chi connectivity index (χ1v) is 6.15. The Bertz CT molecular complexity index is 330.